The van der Waals surface area contributed by atoms with Crippen molar-refractivity contribution in [3.63, 3.8) is 0 Å². The minimum absolute atomic E-state index is 0.210. The third-order valence-electron chi connectivity index (χ3n) is 2.13. The Bertz CT molecular complexity index is 299. The molecule has 0 spiro atoms. The fourth-order valence-electron chi connectivity index (χ4n) is 1.22. The smallest absolute Gasteiger partial charge is 0.0942 e. The van der Waals surface area contributed by atoms with E-state index in [1.54, 1.807) is 0 Å². The van der Waals surface area contributed by atoms with Gasteiger partial charge in [0, 0.05) is 12.2 Å². The summed E-state index contributed by atoms with van der Waals surface area (Å²) >= 11 is 0. The van der Waals surface area contributed by atoms with E-state index in [2.05, 4.69) is 5.32 Å². The number of hydrogen-bond acceptors (Lipinski definition) is 3. The topological polar surface area (TPSA) is 52.5 Å². The fourth-order valence-corrected chi connectivity index (χ4v) is 1.22. The van der Waals surface area contributed by atoms with Gasteiger partial charge in [0.05, 0.1) is 12.7 Å². The lowest BCUT2D eigenvalue weighted by molar-refractivity contribution is 0.105. The first kappa shape index (κ1) is 11.0. The second-order valence-electron chi connectivity index (χ2n) is 3.54. The fraction of sp³-hybridized carbons (Fsp3) is 0.455. The molecule has 1 atom stereocenters. The standard InChI is InChI=1S/C11H17NO2/c1-8-3-4-9(2)11(5-8)12-6-10(14)7-13/h3-5,10,12-14H,6-7H2,1-2H3/t10-/m0/s1. The van der Waals surface area contributed by atoms with Crippen molar-refractivity contribution in [2.24, 2.45) is 0 Å². The molecule has 0 aliphatic carbocycles. The maximum atomic E-state index is 9.17. The number of rotatable bonds is 4. The molecule has 3 N–H and O–H groups in total. The van der Waals surface area contributed by atoms with Crippen molar-refractivity contribution in [2.45, 2.75) is 20.0 Å². The van der Waals surface area contributed by atoms with Gasteiger partial charge in [-0.25, -0.2) is 0 Å². The van der Waals surface area contributed by atoms with E-state index in [1.165, 1.54) is 5.56 Å². The molecule has 0 bridgehead atoms. The number of aliphatic hydroxyl groups is 2. The predicted octanol–water partition coefficient (Wildman–Crippen LogP) is 1.07. The normalized spacial score (nSPS) is 12.6. The first-order valence-corrected chi connectivity index (χ1v) is 4.73. The van der Waals surface area contributed by atoms with Crippen LogP contribution in [0.5, 0.6) is 0 Å². The molecule has 14 heavy (non-hydrogen) atoms. The van der Waals surface area contributed by atoms with Gasteiger partial charge in [-0.1, -0.05) is 12.1 Å². The molecule has 0 aliphatic rings. The molecular formula is C11H17NO2. The monoisotopic (exact) mass is 195 g/mol. The SMILES string of the molecule is Cc1ccc(C)c(NC[C@H](O)CO)c1. The van der Waals surface area contributed by atoms with Gasteiger partial charge in [0.25, 0.3) is 0 Å². The van der Waals surface area contributed by atoms with Crippen LogP contribution in [0.15, 0.2) is 18.2 Å². The molecule has 0 unspecified atom stereocenters. The summed E-state index contributed by atoms with van der Waals surface area (Å²) in [4.78, 5) is 0. The Labute approximate surface area is 84.4 Å². The van der Waals surface area contributed by atoms with Crippen molar-refractivity contribution in [2.75, 3.05) is 18.5 Å². The van der Waals surface area contributed by atoms with Crippen LogP contribution >= 0.6 is 0 Å². The summed E-state index contributed by atoms with van der Waals surface area (Å²) in [6.45, 7) is 4.19. The quantitative estimate of drug-likeness (QED) is 0.673. The largest absolute Gasteiger partial charge is 0.394 e. The molecule has 0 amide bonds. The van der Waals surface area contributed by atoms with E-state index in [9.17, 15) is 0 Å². The molecule has 3 nitrogen and oxygen atoms in total. The van der Waals surface area contributed by atoms with Crippen LogP contribution < -0.4 is 5.32 Å². The van der Waals surface area contributed by atoms with Gasteiger partial charge in [0.1, 0.15) is 0 Å². The van der Waals surface area contributed by atoms with Crippen molar-refractivity contribution in [3.05, 3.63) is 29.3 Å². The van der Waals surface area contributed by atoms with Gasteiger partial charge in [0.15, 0.2) is 0 Å². The lowest BCUT2D eigenvalue weighted by atomic mass is 10.1. The zero-order chi connectivity index (χ0) is 10.6. The highest BCUT2D eigenvalue weighted by Crippen LogP contribution is 2.15. The van der Waals surface area contributed by atoms with Crippen molar-refractivity contribution in [3.8, 4) is 0 Å². The van der Waals surface area contributed by atoms with Crippen LogP contribution in [0.1, 0.15) is 11.1 Å². The van der Waals surface area contributed by atoms with Gasteiger partial charge < -0.3 is 15.5 Å². The molecule has 1 aromatic rings. The zero-order valence-corrected chi connectivity index (χ0v) is 8.62. The molecule has 3 heteroatoms. The molecule has 0 saturated heterocycles. The van der Waals surface area contributed by atoms with Crippen molar-refractivity contribution in [1.82, 2.24) is 0 Å². The average Bonchev–Trinajstić information content (AvgIpc) is 2.19. The van der Waals surface area contributed by atoms with Crippen LogP contribution in [-0.4, -0.2) is 29.5 Å². The molecule has 0 radical (unpaired) electrons. The molecule has 0 aliphatic heterocycles. The van der Waals surface area contributed by atoms with E-state index in [0.717, 1.165) is 11.3 Å². The van der Waals surface area contributed by atoms with Crippen LogP contribution in [0.3, 0.4) is 0 Å². The highest BCUT2D eigenvalue weighted by molar-refractivity contribution is 5.52. The van der Waals surface area contributed by atoms with Crippen molar-refractivity contribution < 1.29 is 10.2 Å². The molecular weight excluding hydrogens is 178 g/mol. The van der Waals surface area contributed by atoms with Crippen LogP contribution in [-0.2, 0) is 0 Å². The van der Waals surface area contributed by atoms with Gasteiger partial charge >= 0.3 is 0 Å². The van der Waals surface area contributed by atoms with E-state index in [4.69, 9.17) is 10.2 Å². The minimum Gasteiger partial charge on any atom is -0.394 e. The summed E-state index contributed by atoms with van der Waals surface area (Å²) in [6.07, 6.45) is -0.699. The van der Waals surface area contributed by atoms with Crippen LogP contribution in [0.2, 0.25) is 0 Å². The number of aryl methyl sites for hydroxylation is 2. The number of aliphatic hydroxyl groups excluding tert-OH is 2. The summed E-state index contributed by atoms with van der Waals surface area (Å²) in [5.74, 6) is 0. The van der Waals surface area contributed by atoms with Gasteiger partial charge in [-0.3, -0.25) is 0 Å². The maximum absolute atomic E-state index is 9.17. The number of nitrogens with one attached hydrogen (secondary N) is 1. The maximum Gasteiger partial charge on any atom is 0.0942 e. The van der Waals surface area contributed by atoms with Gasteiger partial charge in [0.2, 0.25) is 0 Å². The number of anilines is 1. The second-order valence-corrected chi connectivity index (χ2v) is 3.54. The Morgan fingerprint density at radius 1 is 1.36 bits per heavy atom. The zero-order valence-electron chi connectivity index (χ0n) is 8.62. The number of hydrogen-bond donors (Lipinski definition) is 3. The third-order valence-corrected chi connectivity index (χ3v) is 2.13. The van der Waals surface area contributed by atoms with E-state index in [1.807, 2.05) is 32.0 Å². The molecule has 0 fully saturated rings. The summed E-state index contributed by atoms with van der Waals surface area (Å²) < 4.78 is 0. The van der Waals surface area contributed by atoms with Gasteiger partial charge in [-0.2, -0.15) is 0 Å². The van der Waals surface area contributed by atoms with Crippen LogP contribution in [0.4, 0.5) is 5.69 Å². The lowest BCUT2D eigenvalue weighted by Crippen LogP contribution is -2.23. The first-order valence-electron chi connectivity index (χ1n) is 4.73. The molecule has 1 rings (SSSR count). The van der Waals surface area contributed by atoms with Gasteiger partial charge in [-0.05, 0) is 31.0 Å². The molecule has 78 valence electrons. The average molecular weight is 195 g/mol. The Morgan fingerprint density at radius 2 is 2.07 bits per heavy atom. The lowest BCUT2D eigenvalue weighted by Gasteiger charge is -2.12. The molecule has 0 saturated carbocycles. The summed E-state index contributed by atoms with van der Waals surface area (Å²) in [5, 5.41) is 20.9. The highest BCUT2D eigenvalue weighted by atomic mass is 16.3. The molecule has 0 aromatic heterocycles. The van der Waals surface area contributed by atoms with E-state index < -0.39 is 6.10 Å². The van der Waals surface area contributed by atoms with Crippen molar-refractivity contribution in [1.29, 1.82) is 0 Å². The Kier molecular flexibility index (Phi) is 3.92. The minimum atomic E-state index is -0.699. The predicted molar refractivity (Wildman–Crippen MR) is 57.5 cm³/mol. The van der Waals surface area contributed by atoms with E-state index >= 15 is 0 Å². The Morgan fingerprint density at radius 3 is 2.71 bits per heavy atom. The molecule has 0 heterocycles. The van der Waals surface area contributed by atoms with E-state index in [-0.39, 0.29) is 6.61 Å². The molecule has 1 aromatic carbocycles. The highest BCUT2D eigenvalue weighted by Gasteiger charge is 2.02. The summed E-state index contributed by atoms with van der Waals surface area (Å²) in [7, 11) is 0. The van der Waals surface area contributed by atoms with Crippen LogP contribution in [0.25, 0.3) is 0 Å². The number of benzene rings is 1. The second kappa shape index (κ2) is 4.98. The summed E-state index contributed by atoms with van der Waals surface area (Å²) in [5.41, 5.74) is 3.33. The van der Waals surface area contributed by atoms with Crippen LogP contribution in [0, 0.1) is 13.8 Å². The summed E-state index contributed by atoms with van der Waals surface area (Å²) in [6, 6.07) is 6.10. The van der Waals surface area contributed by atoms with E-state index in [0.29, 0.717) is 6.54 Å². The third kappa shape index (κ3) is 3.01. The Hall–Kier alpha value is -1.06. The Balaban J connectivity index is 2.62. The van der Waals surface area contributed by atoms with Crippen molar-refractivity contribution >= 4 is 5.69 Å². The van der Waals surface area contributed by atoms with Gasteiger partial charge in [-0.15, -0.1) is 0 Å². The first-order chi connectivity index (χ1) is 6.63.